The third-order valence-electron chi connectivity index (χ3n) is 10.2. The Bertz CT molecular complexity index is 3080. The molecule has 0 saturated heterocycles. The minimum atomic E-state index is 0.356. The van der Waals surface area contributed by atoms with Crippen LogP contribution in [0.5, 0.6) is 0 Å². The molecule has 0 spiro atoms. The van der Waals surface area contributed by atoms with Crippen LogP contribution in [0.2, 0.25) is 0 Å². The van der Waals surface area contributed by atoms with E-state index in [1.807, 2.05) is 78.9 Å². The molecule has 0 saturated carbocycles. The lowest BCUT2D eigenvalue weighted by Crippen LogP contribution is -2.17. The van der Waals surface area contributed by atoms with Crippen LogP contribution in [0.15, 0.2) is 195 Å². The van der Waals surface area contributed by atoms with Crippen molar-refractivity contribution in [2.45, 2.75) is 6.54 Å². The second-order valence-corrected chi connectivity index (χ2v) is 13.5. The predicted molar refractivity (Wildman–Crippen MR) is 223 cm³/mol. The molecule has 0 atom stereocenters. The summed E-state index contributed by atoms with van der Waals surface area (Å²) in [6, 6.07) is 60.1. The first-order valence-electron chi connectivity index (χ1n) is 18.1. The molecule has 256 valence electrons. The fraction of sp³-hybridized carbons (Fsp3) is 0.0204. The first-order chi connectivity index (χ1) is 26.7. The number of nitrogens with zero attached hydrogens (tertiary/aromatic N) is 2. The van der Waals surface area contributed by atoms with Crippen LogP contribution in [0.25, 0.3) is 76.9 Å². The molecule has 5 nitrogen and oxygen atoms in total. The number of aliphatic imine (C=N–C) groups is 2. The van der Waals surface area contributed by atoms with Crippen molar-refractivity contribution in [2.75, 3.05) is 0 Å². The molecule has 0 radical (unpaired) electrons. The number of benzene rings is 8. The molecule has 0 amide bonds. The molecule has 0 bridgehead atoms. The van der Waals surface area contributed by atoms with Crippen molar-refractivity contribution < 1.29 is 8.83 Å². The third kappa shape index (κ3) is 5.51. The highest BCUT2D eigenvalue weighted by atomic mass is 16.3. The first kappa shape index (κ1) is 31.5. The zero-order valence-electron chi connectivity index (χ0n) is 29.2. The number of fused-ring (bicyclic) bond motifs is 7. The Balaban J connectivity index is 1.13. The maximum Gasteiger partial charge on any atom is 0.157 e. The van der Waals surface area contributed by atoms with Crippen LogP contribution in [0, 0.1) is 0 Å². The lowest BCUT2D eigenvalue weighted by Gasteiger charge is -2.10. The number of hydrogen-bond acceptors (Lipinski definition) is 3. The van der Waals surface area contributed by atoms with E-state index in [9.17, 15) is 0 Å². The van der Waals surface area contributed by atoms with Gasteiger partial charge in [0.2, 0.25) is 0 Å². The number of hydrogen-bond donors (Lipinski definition) is 1. The lowest BCUT2D eigenvalue weighted by atomic mass is 9.94. The van der Waals surface area contributed by atoms with Crippen LogP contribution in [-0.4, -0.2) is 11.7 Å². The number of furan rings is 2. The van der Waals surface area contributed by atoms with Crippen molar-refractivity contribution in [3.63, 3.8) is 0 Å². The van der Waals surface area contributed by atoms with E-state index in [1.54, 1.807) is 0 Å². The van der Waals surface area contributed by atoms with Gasteiger partial charge in [-0.05, 0) is 68.9 Å². The van der Waals surface area contributed by atoms with E-state index in [0.717, 1.165) is 82.8 Å². The van der Waals surface area contributed by atoms with E-state index in [-0.39, 0.29) is 0 Å². The normalized spacial score (nSPS) is 12.4. The molecule has 2 N–H and O–H groups in total. The Kier molecular flexibility index (Phi) is 7.62. The quantitative estimate of drug-likeness (QED) is 0.139. The maximum absolute atomic E-state index is 7.06. The SMILES string of the molecule is NC(=NC(=NCc1ccc2ccccc2c1)c1ccc(-c2ccccc2)cc1)c1cccc2oc3cccc(-c4cccc5oc6ccccc6c45)c3c12. The minimum Gasteiger partial charge on any atom is -0.456 e. The number of rotatable bonds is 6. The summed E-state index contributed by atoms with van der Waals surface area (Å²) >= 11 is 0. The van der Waals surface area contributed by atoms with Gasteiger partial charge in [-0.2, -0.15) is 0 Å². The molecule has 8 aromatic carbocycles. The standard InChI is InChI=1S/C49H33N3O2/c50-48(52-49(35-27-25-34(26-28-35)32-11-2-1-3-12-32)51-30-31-23-24-33-13-4-5-14-36(33)29-31)40-18-10-22-44-47(40)46-38(17-9-21-43(46)54-44)37-16-8-20-42-45(37)39-15-6-7-19-41(39)53-42/h1-29H,30H2,(H2,50,51,52). The fourth-order valence-corrected chi connectivity index (χ4v) is 7.61. The van der Waals surface area contributed by atoms with Gasteiger partial charge in [0.25, 0.3) is 0 Å². The van der Waals surface area contributed by atoms with Gasteiger partial charge >= 0.3 is 0 Å². The van der Waals surface area contributed by atoms with Crippen LogP contribution in [0.1, 0.15) is 16.7 Å². The highest BCUT2D eigenvalue weighted by Crippen LogP contribution is 2.43. The molecule has 0 aliphatic rings. The summed E-state index contributed by atoms with van der Waals surface area (Å²) in [5, 5.41) is 6.39. The fourth-order valence-electron chi connectivity index (χ4n) is 7.61. The molecule has 54 heavy (non-hydrogen) atoms. The Hall–Kier alpha value is -7.24. The zero-order valence-corrected chi connectivity index (χ0v) is 29.2. The maximum atomic E-state index is 7.06. The van der Waals surface area contributed by atoms with Crippen molar-refractivity contribution in [1.82, 2.24) is 0 Å². The van der Waals surface area contributed by atoms with E-state index in [0.29, 0.717) is 18.2 Å². The molecule has 5 heteroatoms. The Morgan fingerprint density at radius 2 is 1.09 bits per heavy atom. The van der Waals surface area contributed by atoms with Gasteiger partial charge in [-0.3, -0.25) is 4.99 Å². The second kappa shape index (κ2) is 13.1. The van der Waals surface area contributed by atoms with Gasteiger partial charge < -0.3 is 14.6 Å². The lowest BCUT2D eigenvalue weighted by molar-refractivity contribution is 0.668. The summed E-state index contributed by atoms with van der Waals surface area (Å²) in [6.07, 6.45) is 0. The van der Waals surface area contributed by atoms with Crippen LogP contribution in [0.4, 0.5) is 0 Å². The van der Waals surface area contributed by atoms with Crippen LogP contribution in [-0.2, 0) is 6.54 Å². The third-order valence-corrected chi connectivity index (χ3v) is 10.2. The molecule has 0 fully saturated rings. The number of para-hydroxylation sites is 1. The Morgan fingerprint density at radius 1 is 0.481 bits per heavy atom. The van der Waals surface area contributed by atoms with E-state index < -0.39 is 0 Å². The van der Waals surface area contributed by atoms with Crippen LogP contribution >= 0.6 is 0 Å². The minimum absolute atomic E-state index is 0.356. The van der Waals surface area contributed by atoms with Gasteiger partial charge in [-0.25, -0.2) is 4.99 Å². The average Bonchev–Trinajstić information content (AvgIpc) is 3.81. The van der Waals surface area contributed by atoms with Crippen LogP contribution < -0.4 is 5.73 Å². The van der Waals surface area contributed by atoms with Gasteiger partial charge in [0.1, 0.15) is 28.2 Å². The molecule has 10 aromatic rings. The van der Waals surface area contributed by atoms with Gasteiger partial charge in [-0.15, -0.1) is 0 Å². The van der Waals surface area contributed by atoms with Gasteiger partial charge in [0.05, 0.1) is 6.54 Å². The molecule has 2 heterocycles. The van der Waals surface area contributed by atoms with Gasteiger partial charge in [0, 0.05) is 32.7 Å². The van der Waals surface area contributed by atoms with Gasteiger partial charge in [-0.1, -0.05) is 146 Å². The Labute approximate surface area is 311 Å². The van der Waals surface area contributed by atoms with E-state index in [4.69, 9.17) is 24.6 Å². The highest BCUT2D eigenvalue weighted by molar-refractivity contribution is 6.25. The number of amidine groups is 2. The largest absolute Gasteiger partial charge is 0.456 e. The average molecular weight is 696 g/mol. The van der Waals surface area contributed by atoms with Gasteiger partial charge in [0.15, 0.2) is 5.84 Å². The summed E-state index contributed by atoms with van der Waals surface area (Å²) in [5.41, 5.74) is 17.4. The molecule has 0 aliphatic carbocycles. The molecule has 0 unspecified atom stereocenters. The predicted octanol–water partition coefficient (Wildman–Crippen LogP) is 12.3. The molecule has 0 aliphatic heterocycles. The summed E-state index contributed by atoms with van der Waals surface area (Å²) in [7, 11) is 0. The first-order valence-corrected chi connectivity index (χ1v) is 18.1. The van der Waals surface area contributed by atoms with Crippen molar-refractivity contribution in [3.8, 4) is 22.3 Å². The smallest absolute Gasteiger partial charge is 0.157 e. The summed E-state index contributed by atoms with van der Waals surface area (Å²) in [6.45, 7) is 0.447. The van der Waals surface area contributed by atoms with E-state index in [2.05, 4.69) is 97.1 Å². The summed E-state index contributed by atoms with van der Waals surface area (Å²) in [4.78, 5) is 10.2. The van der Waals surface area contributed by atoms with E-state index in [1.165, 1.54) is 10.8 Å². The highest BCUT2D eigenvalue weighted by Gasteiger charge is 2.20. The van der Waals surface area contributed by atoms with Crippen molar-refractivity contribution in [3.05, 3.63) is 193 Å². The Morgan fingerprint density at radius 3 is 1.91 bits per heavy atom. The van der Waals surface area contributed by atoms with Crippen molar-refractivity contribution >= 4 is 66.3 Å². The number of nitrogens with two attached hydrogens (primary N) is 1. The second-order valence-electron chi connectivity index (χ2n) is 13.5. The van der Waals surface area contributed by atoms with E-state index >= 15 is 0 Å². The summed E-state index contributed by atoms with van der Waals surface area (Å²) in [5.74, 6) is 0.911. The molecule has 10 rings (SSSR count). The summed E-state index contributed by atoms with van der Waals surface area (Å²) < 4.78 is 12.8. The zero-order chi connectivity index (χ0) is 36.0. The molecule has 2 aromatic heterocycles. The molecular weight excluding hydrogens is 663 g/mol. The van der Waals surface area contributed by atoms with Crippen molar-refractivity contribution in [1.29, 1.82) is 0 Å². The monoisotopic (exact) mass is 695 g/mol. The molecular formula is C49H33N3O2. The van der Waals surface area contributed by atoms with Crippen LogP contribution in [0.3, 0.4) is 0 Å². The topological polar surface area (TPSA) is 77.0 Å². The van der Waals surface area contributed by atoms with Crippen molar-refractivity contribution in [2.24, 2.45) is 15.7 Å².